The summed E-state index contributed by atoms with van der Waals surface area (Å²) in [5.74, 6) is -0.0194. The molecule has 0 bridgehead atoms. The zero-order chi connectivity index (χ0) is 13.7. The SMILES string of the molecule is CCCOc1ccc(-c2ncsc2CC(=O)O)cc1. The Morgan fingerprint density at radius 2 is 2.11 bits per heavy atom. The summed E-state index contributed by atoms with van der Waals surface area (Å²) in [4.78, 5) is 15.8. The molecule has 0 saturated carbocycles. The summed E-state index contributed by atoms with van der Waals surface area (Å²) in [6.45, 7) is 2.75. The maximum atomic E-state index is 10.8. The number of hydrogen-bond acceptors (Lipinski definition) is 4. The summed E-state index contributed by atoms with van der Waals surface area (Å²) in [6.07, 6.45) is 0.977. The molecule has 0 aliphatic heterocycles. The number of thiazole rings is 1. The molecule has 0 atom stereocenters. The van der Waals surface area contributed by atoms with E-state index in [2.05, 4.69) is 11.9 Å². The number of aromatic nitrogens is 1. The summed E-state index contributed by atoms with van der Waals surface area (Å²) >= 11 is 1.37. The van der Waals surface area contributed by atoms with Gasteiger partial charge < -0.3 is 9.84 Å². The Hall–Kier alpha value is -1.88. The second-order valence-electron chi connectivity index (χ2n) is 4.07. The second kappa shape index (κ2) is 6.33. The molecule has 1 aromatic carbocycles. The molecule has 2 aromatic rings. The largest absolute Gasteiger partial charge is 0.494 e. The first kappa shape index (κ1) is 13.5. The molecule has 0 fully saturated rings. The Balaban J connectivity index is 2.18. The highest BCUT2D eigenvalue weighted by Crippen LogP contribution is 2.27. The minimum Gasteiger partial charge on any atom is -0.494 e. The number of ether oxygens (including phenoxy) is 1. The topological polar surface area (TPSA) is 59.4 Å². The number of carboxylic acid groups (broad SMARTS) is 1. The second-order valence-corrected chi connectivity index (χ2v) is 5.01. The van der Waals surface area contributed by atoms with Gasteiger partial charge in [-0.1, -0.05) is 6.92 Å². The quantitative estimate of drug-likeness (QED) is 0.880. The number of benzene rings is 1. The molecule has 0 saturated heterocycles. The zero-order valence-electron chi connectivity index (χ0n) is 10.6. The van der Waals surface area contributed by atoms with Gasteiger partial charge in [0.1, 0.15) is 5.75 Å². The van der Waals surface area contributed by atoms with Gasteiger partial charge in [0.2, 0.25) is 0 Å². The van der Waals surface area contributed by atoms with Crippen molar-refractivity contribution in [2.75, 3.05) is 6.61 Å². The lowest BCUT2D eigenvalue weighted by Gasteiger charge is -2.05. The minimum atomic E-state index is -0.839. The molecule has 5 heteroatoms. The molecular weight excluding hydrogens is 262 g/mol. The first-order chi connectivity index (χ1) is 9.20. The lowest BCUT2D eigenvalue weighted by atomic mass is 10.1. The van der Waals surface area contributed by atoms with Gasteiger partial charge in [-0.05, 0) is 30.7 Å². The molecule has 0 aliphatic rings. The Kier molecular flexibility index (Phi) is 4.52. The predicted octanol–water partition coefficient (Wildman–Crippen LogP) is 3.23. The van der Waals surface area contributed by atoms with Crippen LogP contribution in [-0.2, 0) is 11.2 Å². The summed E-state index contributed by atoms with van der Waals surface area (Å²) < 4.78 is 5.51. The molecule has 100 valence electrons. The van der Waals surface area contributed by atoms with Crippen LogP contribution in [0, 0.1) is 0 Å². The zero-order valence-corrected chi connectivity index (χ0v) is 11.4. The number of carbonyl (C=O) groups is 1. The number of rotatable bonds is 6. The molecule has 0 amide bonds. The van der Waals surface area contributed by atoms with Crippen molar-refractivity contribution in [1.82, 2.24) is 4.98 Å². The van der Waals surface area contributed by atoms with Crippen LogP contribution in [0.3, 0.4) is 0 Å². The molecule has 1 heterocycles. The summed E-state index contributed by atoms with van der Waals surface area (Å²) in [5.41, 5.74) is 3.34. The third kappa shape index (κ3) is 3.54. The van der Waals surface area contributed by atoms with Gasteiger partial charge in [0.25, 0.3) is 0 Å². The van der Waals surface area contributed by atoms with Crippen LogP contribution < -0.4 is 4.74 Å². The normalized spacial score (nSPS) is 10.4. The summed E-state index contributed by atoms with van der Waals surface area (Å²) in [5, 5.41) is 8.86. The van der Waals surface area contributed by atoms with Crippen LogP contribution in [0.4, 0.5) is 0 Å². The van der Waals surface area contributed by atoms with E-state index in [1.807, 2.05) is 24.3 Å². The number of carboxylic acids is 1. The molecule has 0 radical (unpaired) electrons. The van der Waals surface area contributed by atoms with Gasteiger partial charge in [0.05, 0.1) is 24.2 Å². The van der Waals surface area contributed by atoms with Crippen LogP contribution in [0.2, 0.25) is 0 Å². The smallest absolute Gasteiger partial charge is 0.308 e. The van der Waals surface area contributed by atoms with Crippen molar-refractivity contribution in [2.24, 2.45) is 0 Å². The molecule has 0 unspecified atom stereocenters. The average molecular weight is 277 g/mol. The van der Waals surface area contributed by atoms with Crippen LogP contribution in [0.25, 0.3) is 11.3 Å². The van der Waals surface area contributed by atoms with Gasteiger partial charge in [-0.15, -0.1) is 11.3 Å². The van der Waals surface area contributed by atoms with Gasteiger partial charge in [-0.25, -0.2) is 4.98 Å². The van der Waals surface area contributed by atoms with Crippen molar-refractivity contribution < 1.29 is 14.6 Å². The van der Waals surface area contributed by atoms with Gasteiger partial charge in [0, 0.05) is 10.4 Å². The van der Waals surface area contributed by atoms with E-state index in [-0.39, 0.29) is 6.42 Å². The van der Waals surface area contributed by atoms with Gasteiger partial charge in [-0.3, -0.25) is 4.79 Å². The van der Waals surface area contributed by atoms with Crippen molar-refractivity contribution in [3.05, 3.63) is 34.7 Å². The van der Waals surface area contributed by atoms with E-state index >= 15 is 0 Å². The molecule has 1 aromatic heterocycles. The van der Waals surface area contributed by atoms with E-state index in [0.717, 1.165) is 28.3 Å². The Morgan fingerprint density at radius 1 is 1.37 bits per heavy atom. The van der Waals surface area contributed by atoms with Crippen molar-refractivity contribution in [1.29, 1.82) is 0 Å². The van der Waals surface area contributed by atoms with Crippen molar-refractivity contribution in [3.63, 3.8) is 0 Å². The lowest BCUT2D eigenvalue weighted by Crippen LogP contribution is -1.99. The van der Waals surface area contributed by atoms with Gasteiger partial charge in [0.15, 0.2) is 0 Å². The van der Waals surface area contributed by atoms with Crippen molar-refractivity contribution >= 4 is 17.3 Å². The summed E-state index contributed by atoms with van der Waals surface area (Å²) in [6, 6.07) is 7.58. The third-order valence-electron chi connectivity index (χ3n) is 2.55. The highest BCUT2D eigenvalue weighted by atomic mass is 32.1. The van der Waals surface area contributed by atoms with E-state index < -0.39 is 5.97 Å². The first-order valence-corrected chi connectivity index (χ1v) is 6.96. The standard InChI is InChI=1S/C14H15NO3S/c1-2-7-18-11-5-3-10(4-6-11)14-12(8-13(16)17)19-9-15-14/h3-6,9H,2,7-8H2,1H3,(H,16,17). The van der Waals surface area contributed by atoms with Crippen LogP contribution in [0.1, 0.15) is 18.2 Å². The molecule has 0 aliphatic carbocycles. The van der Waals surface area contributed by atoms with E-state index in [1.165, 1.54) is 11.3 Å². The Labute approximate surface area is 115 Å². The van der Waals surface area contributed by atoms with Crippen LogP contribution in [-0.4, -0.2) is 22.7 Å². The number of hydrogen-bond donors (Lipinski definition) is 1. The van der Waals surface area contributed by atoms with Crippen LogP contribution >= 0.6 is 11.3 Å². The number of nitrogens with zero attached hydrogens (tertiary/aromatic N) is 1. The van der Waals surface area contributed by atoms with Crippen molar-refractivity contribution in [2.45, 2.75) is 19.8 Å². The molecule has 4 nitrogen and oxygen atoms in total. The van der Waals surface area contributed by atoms with Crippen LogP contribution in [0.15, 0.2) is 29.8 Å². The van der Waals surface area contributed by atoms with E-state index in [0.29, 0.717) is 6.61 Å². The summed E-state index contributed by atoms with van der Waals surface area (Å²) in [7, 11) is 0. The maximum Gasteiger partial charge on any atom is 0.308 e. The van der Waals surface area contributed by atoms with Crippen molar-refractivity contribution in [3.8, 4) is 17.0 Å². The molecule has 0 spiro atoms. The van der Waals surface area contributed by atoms with E-state index in [4.69, 9.17) is 9.84 Å². The average Bonchev–Trinajstić information content (AvgIpc) is 2.84. The minimum absolute atomic E-state index is 0.00802. The van der Waals surface area contributed by atoms with E-state index in [9.17, 15) is 4.79 Å². The lowest BCUT2D eigenvalue weighted by molar-refractivity contribution is -0.136. The molecular formula is C14H15NO3S. The fraction of sp³-hybridized carbons (Fsp3) is 0.286. The van der Waals surface area contributed by atoms with E-state index in [1.54, 1.807) is 5.51 Å². The first-order valence-electron chi connectivity index (χ1n) is 6.08. The number of aliphatic carboxylic acids is 1. The monoisotopic (exact) mass is 277 g/mol. The highest BCUT2D eigenvalue weighted by Gasteiger charge is 2.11. The van der Waals surface area contributed by atoms with Gasteiger partial charge >= 0.3 is 5.97 Å². The van der Waals surface area contributed by atoms with Crippen LogP contribution in [0.5, 0.6) is 5.75 Å². The Morgan fingerprint density at radius 3 is 2.74 bits per heavy atom. The fourth-order valence-corrected chi connectivity index (χ4v) is 2.47. The maximum absolute atomic E-state index is 10.8. The predicted molar refractivity (Wildman–Crippen MR) is 74.7 cm³/mol. The molecule has 1 N–H and O–H groups in total. The molecule has 2 rings (SSSR count). The fourth-order valence-electron chi connectivity index (χ4n) is 1.70. The van der Waals surface area contributed by atoms with Gasteiger partial charge in [-0.2, -0.15) is 0 Å². The third-order valence-corrected chi connectivity index (χ3v) is 3.39. The molecule has 19 heavy (non-hydrogen) atoms. The highest BCUT2D eigenvalue weighted by molar-refractivity contribution is 7.10. The Bertz CT molecular complexity index is 548.